The van der Waals surface area contributed by atoms with E-state index in [1.165, 1.54) is 18.4 Å². The van der Waals surface area contributed by atoms with Crippen LogP contribution < -0.4 is 10.5 Å². The summed E-state index contributed by atoms with van der Waals surface area (Å²) in [5, 5.41) is 8.48. The molecule has 2 aromatic rings. The molecule has 0 saturated heterocycles. The first-order valence-corrected chi connectivity index (χ1v) is 8.09. The molecule has 5 nitrogen and oxygen atoms in total. The van der Waals surface area contributed by atoms with Crippen molar-refractivity contribution in [2.45, 2.75) is 38.8 Å². The molecule has 0 spiro atoms. The van der Waals surface area contributed by atoms with Crippen molar-refractivity contribution in [2.75, 3.05) is 6.54 Å². The number of benzene rings is 1. The number of aryl methyl sites for hydroxylation is 1. The molecular formula is C15H19BrN4O. The van der Waals surface area contributed by atoms with Gasteiger partial charge in [0.25, 0.3) is 0 Å². The molecule has 6 heteroatoms. The summed E-state index contributed by atoms with van der Waals surface area (Å²) in [4.78, 5) is 0. The van der Waals surface area contributed by atoms with Crippen LogP contribution in [0.4, 0.5) is 0 Å². The molecule has 112 valence electrons. The predicted octanol–water partition coefficient (Wildman–Crippen LogP) is 2.46. The topological polar surface area (TPSA) is 66.0 Å². The van der Waals surface area contributed by atoms with Gasteiger partial charge in [0.15, 0.2) is 5.82 Å². The standard InChI is InChI=1S/C15H19BrN4O/c16-12-9-11(6-7-17)4-5-13(12)21-10-15-19-18-14-3-1-2-8-20(14)15/h4-5,9H,1-3,6-8,10,17H2. The predicted molar refractivity (Wildman–Crippen MR) is 84.2 cm³/mol. The summed E-state index contributed by atoms with van der Waals surface area (Å²) in [5.41, 5.74) is 6.78. The highest BCUT2D eigenvalue weighted by atomic mass is 79.9. The molecule has 1 aromatic carbocycles. The smallest absolute Gasteiger partial charge is 0.171 e. The Morgan fingerprint density at radius 1 is 1.29 bits per heavy atom. The molecule has 0 amide bonds. The molecule has 2 heterocycles. The lowest BCUT2D eigenvalue weighted by Crippen LogP contribution is -2.14. The number of fused-ring (bicyclic) bond motifs is 1. The first-order chi connectivity index (χ1) is 10.3. The molecule has 0 radical (unpaired) electrons. The molecule has 1 aliphatic heterocycles. The molecule has 21 heavy (non-hydrogen) atoms. The summed E-state index contributed by atoms with van der Waals surface area (Å²) >= 11 is 3.55. The minimum Gasteiger partial charge on any atom is -0.484 e. The lowest BCUT2D eigenvalue weighted by atomic mass is 10.1. The summed E-state index contributed by atoms with van der Waals surface area (Å²) in [6, 6.07) is 6.08. The van der Waals surface area contributed by atoms with Gasteiger partial charge in [-0.15, -0.1) is 10.2 Å². The van der Waals surface area contributed by atoms with Crippen LogP contribution in [0.1, 0.15) is 30.1 Å². The van der Waals surface area contributed by atoms with E-state index in [2.05, 4.69) is 36.8 Å². The number of rotatable bonds is 5. The van der Waals surface area contributed by atoms with E-state index in [1.807, 2.05) is 12.1 Å². The number of hydrogen-bond donors (Lipinski definition) is 1. The van der Waals surface area contributed by atoms with Crippen LogP contribution in [0.5, 0.6) is 5.75 Å². The van der Waals surface area contributed by atoms with E-state index in [4.69, 9.17) is 10.5 Å². The second-order valence-corrected chi connectivity index (χ2v) is 6.09. The number of nitrogens with two attached hydrogens (primary N) is 1. The van der Waals surface area contributed by atoms with Crippen LogP contribution >= 0.6 is 15.9 Å². The zero-order chi connectivity index (χ0) is 14.7. The molecule has 0 aliphatic carbocycles. The number of hydrogen-bond acceptors (Lipinski definition) is 4. The van der Waals surface area contributed by atoms with Crippen LogP contribution in [-0.2, 0) is 26.0 Å². The molecule has 0 bridgehead atoms. The first-order valence-electron chi connectivity index (χ1n) is 7.30. The van der Waals surface area contributed by atoms with E-state index in [9.17, 15) is 0 Å². The summed E-state index contributed by atoms with van der Waals surface area (Å²) < 4.78 is 9.01. The van der Waals surface area contributed by atoms with E-state index in [-0.39, 0.29) is 0 Å². The first kappa shape index (κ1) is 14.5. The highest BCUT2D eigenvalue weighted by Gasteiger charge is 2.16. The van der Waals surface area contributed by atoms with Gasteiger partial charge in [0.2, 0.25) is 0 Å². The maximum absolute atomic E-state index is 5.88. The van der Waals surface area contributed by atoms with Crippen LogP contribution in [0.25, 0.3) is 0 Å². The van der Waals surface area contributed by atoms with Crippen LogP contribution in [0.3, 0.4) is 0 Å². The maximum Gasteiger partial charge on any atom is 0.171 e. The molecule has 1 aromatic heterocycles. The molecule has 2 N–H and O–H groups in total. The molecule has 0 fully saturated rings. The Morgan fingerprint density at radius 2 is 2.19 bits per heavy atom. The molecular weight excluding hydrogens is 332 g/mol. The van der Waals surface area contributed by atoms with E-state index in [0.717, 1.165) is 41.3 Å². The monoisotopic (exact) mass is 350 g/mol. The van der Waals surface area contributed by atoms with E-state index >= 15 is 0 Å². The van der Waals surface area contributed by atoms with Gasteiger partial charge in [-0.3, -0.25) is 0 Å². The van der Waals surface area contributed by atoms with Crippen molar-refractivity contribution in [3.63, 3.8) is 0 Å². The van der Waals surface area contributed by atoms with Crippen molar-refractivity contribution < 1.29 is 4.74 Å². The fourth-order valence-corrected chi connectivity index (χ4v) is 3.14. The summed E-state index contributed by atoms with van der Waals surface area (Å²) in [7, 11) is 0. The van der Waals surface area contributed by atoms with Crippen LogP contribution in [0.2, 0.25) is 0 Å². The Morgan fingerprint density at radius 3 is 3.00 bits per heavy atom. The van der Waals surface area contributed by atoms with Gasteiger partial charge < -0.3 is 15.0 Å². The second kappa shape index (κ2) is 6.58. The summed E-state index contributed by atoms with van der Waals surface area (Å²) in [6.45, 7) is 2.10. The highest BCUT2D eigenvalue weighted by molar-refractivity contribution is 9.10. The zero-order valence-corrected chi connectivity index (χ0v) is 13.5. The molecule has 1 aliphatic rings. The lowest BCUT2D eigenvalue weighted by Gasteiger charge is -2.15. The average molecular weight is 351 g/mol. The van der Waals surface area contributed by atoms with Crippen LogP contribution in [-0.4, -0.2) is 21.3 Å². The van der Waals surface area contributed by atoms with Gasteiger partial charge in [0, 0.05) is 13.0 Å². The lowest BCUT2D eigenvalue weighted by molar-refractivity contribution is 0.284. The van der Waals surface area contributed by atoms with E-state index in [1.54, 1.807) is 0 Å². The molecule has 3 rings (SSSR count). The van der Waals surface area contributed by atoms with E-state index < -0.39 is 0 Å². The van der Waals surface area contributed by atoms with Gasteiger partial charge in [-0.1, -0.05) is 6.07 Å². The Hall–Kier alpha value is -1.40. The SMILES string of the molecule is NCCc1ccc(OCc2nnc3n2CCCC3)c(Br)c1. The van der Waals surface area contributed by atoms with Gasteiger partial charge in [-0.2, -0.15) is 0 Å². The minimum absolute atomic E-state index is 0.446. The largest absolute Gasteiger partial charge is 0.484 e. The van der Waals surface area contributed by atoms with Crippen molar-refractivity contribution in [1.82, 2.24) is 14.8 Å². The fourth-order valence-electron chi connectivity index (χ4n) is 2.60. The number of aromatic nitrogens is 3. The third-order valence-corrected chi connectivity index (χ3v) is 4.34. The van der Waals surface area contributed by atoms with Crippen molar-refractivity contribution in [1.29, 1.82) is 0 Å². The summed E-state index contributed by atoms with van der Waals surface area (Å²) in [5.74, 6) is 2.81. The normalized spacial score (nSPS) is 14.0. The van der Waals surface area contributed by atoms with Crippen molar-refractivity contribution >= 4 is 15.9 Å². The average Bonchev–Trinajstić information content (AvgIpc) is 2.90. The van der Waals surface area contributed by atoms with Gasteiger partial charge in [0.05, 0.1) is 4.47 Å². The third-order valence-electron chi connectivity index (χ3n) is 3.72. The minimum atomic E-state index is 0.446. The van der Waals surface area contributed by atoms with Crippen molar-refractivity contribution in [3.8, 4) is 5.75 Å². The van der Waals surface area contributed by atoms with Crippen molar-refractivity contribution in [3.05, 3.63) is 39.9 Å². The second-order valence-electron chi connectivity index (χ2n) is 5.23. The van der Waals surface area contributed by atoms with Crippen LogP contribution in [0, 0.1) is 0 Å². The number of nitrogens with zero attached hydrogens (tertiary/aromatic N) is 3. The van der Waals surface area contributed by atoms with E-state index in [0.29, 0.717) is 13.2 Å². The number of halogens is 1. The van der Waals surface area contributed by atoms with Gasteiger partial charge >= 0.3 is 0 Å². The Kier molecular flexibility index (Phi) is 4.55. The zero-order valence-electron chi connectivity index (χ0n) is 11.9. The van der Waals surface area contributed by atoms with Gasteiger partial charge in [-0.25, -0.2) is 0 Å². The molecule has 0 atom stereocenters. The van der Waals surface area contributed by atoms with Crippen LogP contribution in [0.15, 0.2) is 22.7 Å². The molecule has 0 unspecified atom stereocenters. The highest BCUT2D eigenvalue weighted by Crippen LogP contribution is 2.27. The third kappa shape index (κ3) is 3.27. The van der Waals surface area contributed by atoms with Gasteiger partial charge in [-0.05, 0) is 59.4 Å². The quantitative estimate of drug-likeness (QED) is 0.899. The van der Waals surface area contributed by atoms with Crippen molar-refractivity contribution in [2.24, 2.45) is 5.73 Å². The Bertz CT molecular complexity index is 626. The fraction of sp³-hybridized carbons (Fsp3) is 0.467. The number of ether oxygens (including phenoxy) is 1. The van der Waals surface area contributed by atoms with Gasteiger partial charge in [0.1, 0.15) is 18.2 Å². The Balaban J connectivity index is 1.69. The maximum atomic E-state index is 5.88. The Labute approximate surface area is 132 Å². The molecule has 0 saturated carbocycles. The summed E-state index contributed by atoms with van der Waals surface area (Å²) in [6.07, 6.45) is 4.28.